The number of nitrogens with two attached hydrogens (primary N) is 1. The second-order valence-electron chi connectivity index (χ2n) is 4.98. The first-order chi connectivity index (χ1) is 10.2. The van der Waals surface area contributed by atoms with Crippen LogP contribution in [0, 0.1) is 0 Å². The normalized spacial score (nSPS) is 12.2. The maximum atomic E-state index is 6.02. The average molecular weight is 305 g/mol. The molecule has 2 rings (SSSR count). The zero-order chi connectivity index (χ0) is 15.2. The Kier molecular flexibility index (Phi) is 5.62. The standard InChI is InChI=1S/C17H21ClN2O/c1-3-5-12-6-4-7-13(10-12)17(20-19)15-9-8-14(18)11-16(15)21-2/h4,6-11,17,20H,3,5,19H2,1-2H3. The van der Waals surface area contributed by atoms with Crippen LogP contribution in [0.2, 0.25) is 5.02 Å². The van der Waals surface area contributed by atoms with Crippen molar-refractivity contribution in [1.29, 1.82) is 0 Å². The van der Waals surface area contributed by atoms with E-state index in [1.807, 2.05) is 12.1 Å². The molecule has 0 heterocycles. The molecule has 0 aliphatic rings. The van der Waals surface area contributed by atoms with E-state index in [0.29, 0.717) is 5.02 Å². The van der Waals surface area contributed by atoms with E-state index >= 15 is 0 Å². The van der Waals surface area contributed by atoms with Gasteiger partial charge >= 0.3 is 0 Å². The summed E-state index contributed by atoms with van der Waals surface area (Å²) < 4.78 is 5.43. The van der Waals surface area contributed by atoms with Crippen molar-refractivity contribution in [1.82, 2.24) is 5.43 Å². The van der Waals surface area contributed by atoms with Crippen molar-refractivity contribution in [3.05, 3.63) is 64.2 Å². The highest BCUT2D eigenvalue weighted by molar-refractivity contribution is 6.30. The predicted molar refractivity (Wildman–Crippen MR) is 87.6 cm³/mol. The van der Waals surface area contributed by atoms with Gasteiger partial charge in [0.25, 0.3) is 0 Å². The monoisotopic (exact) mass is 304 g/mol. The average Bonchev–Trinajstić information content (AvgIpc) is 2.50. The minimum atomic E-state index is -0.131. The van der Waals surface area contributed by atoms with Gasteiger partial charge in [-0.2, -0.15) is 0 Å². The highest BCUT2D eigenvalue weighted by Crippen LogP contribution is 2.32. The van der Waals surface area contributed by atoms with Crippen LogP contribution in [0.1, 0.15) is 36.1 Å². The molecular weight excluding hydrogens is 284 g/mol. The zero-order valence-electron chi connectivity index (χ0n) is 12.4. The highest BCUT2D eigenvalue weighted by atomic mass is 35.5. The lowest BCUT2D eigenvalue weighted by atomic mass is 9.96. The van der Waals surface area contributed by atoms with Gasteiger partial charge in [0.05, 0.1) is 13.2 Å². The fraction of sp³-hybridized carbons (Fsp3) is 0.294. The van der Waals surface area contributed by atoms with Gasteiger partial charge in [-0.1, -0.05) is 55.3 Å². The van der Waals surface area contributed by atoms with Crippen LogP contribution in [0.3, 0.4) is 0 Å². The van der Waals surface area contributed by atoms with Crippen LogP contribution in [0.15, 0.2) is 42.5 Å². The summed E-state index contributed by atoms with van der Waals surface area (Å²) in [6.07, 6.45) is 2.18. The minimum absolute atomic E-state index is 0.131. The Labute approximate surface area is 131 Å². The first-order valence-electron chi connectivity index (χ1n) is 7.08. The van der Waals surface area contributed by atoms with Crippen molar-refractivity contribution < 1.29 is 4.74 Å². The zero-order valence-corrected chi connectivity index (χ0v) is 13.2. The van der Waals surface area contributed by atoms with Gasteiger partial charge in [0.15, 0.2) is 0 Å². The third-order valence-corrected chi connectivity index (χ3v) is 3.73. The number of ether oxygens (including phenoxy) is 1. The van der Waals surface area contributed by atoms with Crippen molar-refractivity contribution in [2.75, 3.05) is 7.11 Å². The van der Waals surface area contributed by atoms with E-state index in [2.05, 4.69) is 36.6 Å². The molecule has 2 aromatic carbocycles. The van der Waals surface area contributed by atoms with Crippen LogP contribution < -0.4 is 16.0 Å². The van der Waals surface area contributed by atoms with E-state index in [9.17, 15) is 0 Å². The predicted octanol–water partition coefficient (Wildman–Crippen LogP) is 3.85. The lowest BCUT2D eigenvalue weighted by Gasteiger charge is -2.20. The van der Waals surface area contributed by atoms with Crippen LogP contribution in [-0.4, -0.2) is 7.11 Å². The van der Waals surface area contributed by atoms with Gasteiger partial charge in [0.1, 0.15) is 5.75 Å². The highest BCUT2D eigenvalue weighted by Gasteiger charge is 2.17. The topological polar surface area (TPSA) is 47.3 Å². The smallest absolute Gasteiger partial charge is 0.125 e. The number of halogens is 1. The van der Waals surface area contributed by atoms with Gasteiger partial charge in [-0.05, 0) is 29.7 Å². The summed E-state index contributed by atoms with van der Waals surface area (Å²) in [6, 6.07) is 13.9. The summed E-state index contributed by atoms with van der Waals surface area (Å²) in [4.78, 5) is 0. The molecule has 4 heteroatoms. The van der Waals surface area contributed by atoms with Gasteiger partial charge in [-0.3, -0.25) is 5.84 Å². The summed E-state index contributed by atoms with van der Waals surface area (Å²) >= 11 is 6.02. The molecule has 0 saturated heterocycles. The summed E-state index contributed by atoms with van der Waals surface area (Å²) in [5.41, 5.74) is 6.27. The Balaban J connectivity index is 2.42. The SMILES string of the molecule is CCCc1cccc(C(NN)c2ccc(Cl)cc2OC)c1. The molecule has 1 atom stereocenters. The van der Waals surface area contributed by atoms with Crippen molar-refractivity contribution in [3.8, 4) is 5.75 Å². The number of hydrogen-bond donors (Lipinski definition) is 2. The van der Waals surface area contributed by atoms with Crippen LogP contribution in [0.5, 0.6) is 5.75 Å². The molecule has 0 amide bonds. The minimum Gasteiger partial charge on any atom is -0.496 e. The quantitative estimate of drug-likeness (QED) is 0.629. The molecule has 112 valence electrons. The molecule has 0 fully saturated rings. The molecule has 0 saturated carbocycles. The lowest BCUT2D eigenvalue weighted by molar-refractivity contribution is 0.404. The Hall–Kier alpha value is -1.55. The number of hydrazine groups is 1. The third-order valence-electron chi connectivity index (χ3n) is 3.50. The van der Waals surface area contributed by atoms with Gasteiger partial charge in [0, 0.05) is 10.6 Å². The van der Waals surface area contributed by atoms with E-state index in [1.165, 1.54) is 5.56 Å². The van der Waals surface area contributed by atoms with Gasteiger partial charge in [-0.15, -0.1) is 0 Å². The van der Waals surface area contributed by atoms with E-state index in [1.54, 1.807) is 13.2 Å². The van der Waals surface area contributed by atoms with E-state index in [4.69, 9.17) is 22.2 Å². The third kappa shape index (κ3) is 3.76. The number of nitrogens with one attached hydrogen (secondary N) is 1. The summed E-state index contributed by atoms with van der Waals surface area (Å²) in [7, 11) is 1.64. The van der Waals surface area contributed by atoms with Crippen molar-refractivity contribution in [2.24, 2.45) is 5.84 Å². The van der Waals surface area contributed by atoms with Crippen LogP contribution in [0.25, 0.3) is 0 Å². The molecule has 0 bridgehead atoms. The molecule has 1 unspecified atom stereocenters. The van der Waals surface area contributed by atoms with Gasteiger partial charge in [0.2, 0.25) is 0 Å². The van der Waals surface area contributed by atoms with E-state index < -0.39 is 0 Å². The fourth-order valence-electron chi connectivity index (χ4n) is 2.51. The van der Waals surface area contributed by atoms with Crippen LogP contribution >= 0.6 is 11.6 Å². The molecule has 0 aliphatic carbocycles. The lowest BCUT2D eigenvalue weighted by Crippen LogP contribution is -2.29. The van der Waals surface area contributed by atoms with E-state index in [-0.39, 0.29) is 6.04 Å². The number of benzene rings is 2. The number of hydrogen-bond acceptors (Lipinski definition) is 3. The Morgan fingerprint density at radius 2 is 2.05 bits per heavy atom. The molecule has 0 radical (unpaired) electrons. The summed E-state index contributed by atoms with van der Waals surface area (Å²) in [6.45, 7) is 2.17. The maximum Gasteiger partial charge on any atom is 0.125 e. The number of aryl methyl sites for hydroxylation is 1. The van der Waals surface area contributed by atoms with Gasteiger partial charge < -0.3 is 4.74 Å². The maximum absolute atomic E-state index is 6.02. The molecule has 2 aromatic rings. The first kappa shape index (κ1) is 15.8. The Morgan fingerprint density at radius 1 is 1.24 bits per heavy atom. The Bertz CT molecular complexity index is 601. The van der Waals surface area contributed by atoms with Gasteiger partial charge in [-0.25, -0.2) is 5.43 Å². The molecule has 0 aliphatic heterocycles. The first-order valence-corrected chi connectivity index (χ1v) is 7.45. The van der Waals surface area contributed by atoms with Crippen LogP contribution in [0.4, 0.5) is 0 Å². The Morgan fingerprint density at radius 3 is 2.71 bits per heavy atom. The fourth-order valence-corrected chi connectivity index (χ4v) is 2.67. The molecule has 0 aromatic heterocycles. The number of rotatable bonds is 6. The largest absolute Gasteiger partial charge is 0.496 e. The summed E-state index contributed by atoms with van der Waals surface area (Å²) in [5.74, 6) is 6.51. The molecule has 21 heavy (non-hydrogen) atoms. The van der Waals surface area contributed by atoms with Crippen molar-refractivity contribution in [3.63, 3.8) is 0 Å². The molecule has 3 nitrogen and oxygen atoms in total. The molecule has 0 spiro atoms. The second kappa shape index (κ2) is 7.46. The van der Waals surface area contributed by atoms with Crippen molar-refractivity contribution >= 4 is 11.6 Å². The molecule has 3 N–H and O–H groups in total. The summed E-state index contributed by atoms with van der Waals surface area (Å²) in [5, 5.41) is 0.645. The van der Waals surface area contributed by atoms with Crippen LogP contribution in [-0.2, 0) is 6.42 Å². The molecular formula is C17H21ClN2O. The van der Waals surface area contributed by atoms with Crippen molar-refractivity contribution in [2.45, 2.75) is 25.8 Å². The second-order valence-corrected chi connectivity index (χ2v) is 5.42. The number of methoxy groups -OCH3 is 1. The van der Waals surface area contributed by atoms with E-state index in [0.717, 1.165) is 29.7 Å².